The van der Waals surface area contributed by atoms with Crippen molar-refractivity contribution < 1.29 is 8.81 Å². The van der Waals surface area contributed by atoms with Gasteiger partial charge in [0.25, 0.3) is 10.8 Å². The number of hydrogen-bond acceptors (Lipinski definition) is 7. The van der Waals surface area contributed by atoms with Crippen LogP contribution in [0.2, 0.25) is 0 Å². The number of halogens is 1. The minimum Gasteiger partial charge on any atom is -0.411 e. The van der Waals surface area contributed by atoms with Crippen molar-refractivity contribution in [3.05, 3.63) is 82.0 Å². The maximum absolute atomic E-state index is 13.1. The molecule has 6 nitrogen and oxygen atoms in total. The highest BCUT2D eigenvalue weighted by Gasteiger charge is 2.14. The van der Waals surface area contributed by atoms with Gasteiger partial charge in [0.05, 0.1) is 11.1 Å². The van der Waals surface area contributed by atoms with Crippen LogP contribution in [-0.2, 0) is 5.75 Å². The molecule has 0 saturated heterocycles. The predicted molar refractivity (Wildman–Crippen MR) is 115 cm³/mol. The Labute approximate surface area is 177 Å². The highest BCUT2D eigenvalue weighted by molar-refractivity contribution is 7.98. The summed E-state index contributed by atoms with van der Waals surface area (Å²) < 4.78 is 18.7. The number of aromatic nitrogens is 4. The molecule has 3 aromatic heterocycles. The van der Waals surface area contributed by atoms with Crippen LogP contribution < -0.4 is 5.56 Å². The topological polar surface area (TPSA) is 84.7 Å². The Kier molecular flexibility index (Phi) is 4.89. The Bertz CT molecular complexity index is 1380. The number of benzene rings is 2. The number of hydrogen-bond donors (Lipinski definition) is 1. The molecule has 0 atom stereocenters. The Hall–Kier alpha value is -3.30. The molecule has 30 heavy (non-hydrogen) atoms. The third-order valence-electron chi connectivity index (χ3n) is 4.41. The van der Waals surface area contributed by atoms with Gasteiger partial charge in [-0.1, -0.05) is 42.1 Å². The first-order valence-corrected chi connectivity index (χ1v) is 10.8. The number of nitrogens with zero attached hydrogens (tertiary/aromatic N) is 3. The smallest absolute Gasteiger partial charge is 0.277 e. The predicted octanol–water partition coefficient (Wildman–Crippen LogP) is 5.13. The number of thioether (sulfide) groups is 1. The largest absolute Gasteiger partial charge is 0.411 e. The normalized spacial score (nSPS) is 11.2. The van der Waals surface area contributed by atoms with Gasteiger partial charge in [0.15, 0.2) is 0 Å². The molecule has 0 aliphatic carbocycles. The zero-order chi connectivity index (χ0) is 20.5. The van der Waals surface area contributed by atoms with Gasteiger partial charge in [0.2, 0.25) is 5.89 Å². The molecule has 0 bridgehead atoms. The summed E-state index contributed by atoms with van der Waals surface area (Å²) in [6.45, 7) is 0. The van der Waals surface area contributed by atoms with E-state index in [0.29, 0.717) is 38.5 Å². The molecular weight excluding hydrogens is 423 g/mol. The van der Waals surface area contributed by atoms with Crippen LogP contribution in [0.3, 0.4) is 0 Å². The summed E-state index contributed by atoms with van der Waals surface area (Å²) in [5.74, 6) is 0.873. The summed E-state index contributed by atoms with van der Waals surface area (Å²) in [6, 6.07) is 15.6. The third-order valence-corrected chi connectivity index (χ3v) is 6.11. The Morgan fingerprint density at radius 2 is 1.83 bits per heavy atom. The van der Waals surface area contributed by atoms with E-state index in [9.17, 15) is 9.18 Å². The van der Waals surface area contributed by atoms with E-state index >= 15 is 0 Å². The quantitative estimate of drug-likeness (QED) is 0.384. The lowest BCUT2D eigenvalue weighted by molar-refractivity contribution is 0.465. The fourth-order valence-electron chi connectivity index (χ4n) is 3.00. The maximum atomic E-state index is 13.1. The lowest BCUT2D eigenvalue weighted by atomic mass is 10.1. The maximum Gasteiger partial charge on any atom is 0.277 e. The second kappa shape index (κ2) is 7.85. The summed E-state index contributed by atoms with van der Waals surface area (Å²) in [5.41, 5.74) is 2.32. The average molecular weight is 436 g/mol. The van der Waals surface area contributed by atoms with Crippen LogP contribution in [0.15, 0.2) is 74.4 Å². The van der Waals surface area contributed by atoms with Crippen molar-refractivity contribution in [3.63, 3.8) is 0 Å². The highest BCUT2D eigenvalue weighted by atomic mass is 32.2. The highest BCUT2D eigenvalue weighted by Crippen LogP contribution is 2.31. The first-order chi connectivity index (χ1) is 14.7. The van der Waals surface area contributed by atoms with Crippen molar-refractivity contribution in [1.29, 1.82) is 0 Å². The molecule has 5 aromatic rings. The van der Waals surface area contributed by atoms with Gasteiger partial charge in [-0.2, -0.15) is 0 Å². The Balaban J connectivity index is 1.37. The lowest BCUT2D eigenvalue weighted by Crippen LogP contribution is -2.10. The van der Waals surface area contributed by atoms with E-state index in [1.807, 2.05) is 35.7 Å². The molecule has 148 valence electrons. The molecular formula is C21H13FN4O2S2. The molecule has 9 heteroatoms. The molecule has 0 unspecified atom stereocenters. The van der Waals surface area contributed by atoms with Crippen molar-refractivity contribution in [1.82, 2.24) is 20.2 Å². The number of fused-ring (bicyclic) bond motifs is 1. The Morgan fingerprint density at radius 1 is 1.03 bits per heavy atom. The molecule has 0 fully saturated rings. The monoisotopic (exact) mass is 436 g/mol. The fourth-order valence-corrected chi connectivity index (χ4v) is 4.60. The molecule has 0 amide bonds. The van der Waals surface area contributed by atoms with Crippen molar-refractivity contribution in [2.24, 2.45) is 0 Å². The van der Waals surface area contributed by atoms with E-state index in [2.05, 4.69) is 20.2 Å². The van der Waals surface area contributed by atoms with Crippen LogP contribution in [0.4, 0.5) is 4.39 Å². The van der Waals surface area contributed by atoms with Gasteiger partial charge in [-0.25, -0.2) is 9.37 Å². The summed E-state index contributed by atoms with van der Waals surface area (Å²) in [4.78, 5) is 20.8. The van der Waals surface area contributed by atoms with Gasteiger partial charge in [-0.15, -0.1) is 21.5 Å². The minimum atomic E-state index is -0.331. The van der Waals surface area contributed by atoms with Crippen LogP contribution >= 0.6 is 23.1 Å². The van der Waals surface area contributed by atoms with Gasteiger partial charge < -0.3 is 9.40 Å². The zero-order valence-electron chi connectivity index (χ0n) is 15.3. The second-order valence-electron chi connectivity index (χ2n) is 6.38. The molecule has 0 spiro atoms. The van der Waals surface area contributed by atoms with E-state index in [1.165, 1.54) is 35.2 Å². The van der Waals surface area contributed by atoms with Crippen molar-refractivity contribution in [3.8, 4) is 22.6 Å². The molecule has 1 N–H and O–H groups in total. The van der Waals surface area contributed by atoms with Crippen molar-refractivity contribution in [2.45, 2.75) is 11.0 Å². The van der Waals surface area contributed by atoms with Crippen LogP contribution in [0.25, 0.3) is 32.8 Å². The van der Waals surface area contributed by atoms with Crippen LogP contribution in [0.1, 0.15) is 5.82 Å². The summed E-state index contributed by atoms with van der Waals surface area (Å²) in [6.07, 6.45) is 0. The number of H-pyrrole nitrogens is 1. The Morgan fingerprint density at radius 3 is 2.63 bits per heavy atom. The van der Waals surface area contributed by atoms with Crippen molar-refractivity contribution in [2.75, 3.05) is 0 Å². The van der Waals surface area contributed by atoms with Gasteiger partial charge in [-0.3, -0.25) is 4.79 Å². The van der Waals surface area contributed by atoms with Crippen LogP contribution in [0.5, 0.6) is 0 Å². The number of thiophene rings is 1. The van der Waals surface area contributed by atoms with Crippen LogP contribution in [-0.4, -0.2) is 20.2 Å². The van der Waals surface area contributed by atoms with Gasteiger partial charge in [0, 0.05) is 16.5 Å². The SMILES string of the molecule is O=c1[nH]c(CSc2nnc(-c3ccc(F)cc3)o2)nc2scc(-c3ccccc3)c12. The third kappa shape index (κ3) is 3.64. The van der Waals surface area contributed by atoms with E-state index in [4.69, 9.17) is 4.42 Å². The molecule has 0 radical (unpaired) electrons. The van der Waals surface area contributed by atoms with Gasteiger partial charge in [-0.05, 0) is 29.8 Å². The molecule has 0 aliphatic heterocycles. The summed E-state index contributed by atoms with van der Waals surface area (Å²) in [5, 5.41) is 10.9. The van der Waals surface area contributed by atoms with E-state index in [-0.39, 0.29) is 11.4 Å². The second-order valence-corrected chi connectivity index (χ2v) is 8.16. The molecule has 5 rings (SSSR count). The minimum absolute atomic E-state index is 0.173. The molecule has 0 aliphatic rings. The fraction of sp³-hybridized carbons (Fsp3) is 0.0476. The number of nitrogens with one attached hydrogen (secondary N) is 1. The van der Waals surface area contributed by atoms with Gasteiger partial charge >= 0.3 is 0 Å². The zero-order valence-corrected chi connectivity index (χ0v) is 17.0. The average Bonchev–Trinajstić information content (AvgIpc) is 3.41. The molecule has 3 heterocycles. The first-order valence-electron chi connectivity index (χ1n) is 8.95. The van der Waals surface area contributed by atoms with Gasteiger partial charge in [0.1, 0.15) is 16.5 Å². The van der Waals surface area contributed by atoms with E-state index < -0.39 is 0 Å². The first kappa shape index (κ1) is 18.7. The number of aromatic amines is 1. The number of rotatable bonds is 5. The van der Waals surface area contributed by atoms with E-state index in [1.54, 1.807) is 12.1 Å². The standard InChI is InChI=1S/C21H13FN4O2S2/c22-14-8-6-13(7-9-14)19-25-26-21(28-19)30-11-16-23-18(27)17-15(10-29-20(17)24-16)12-4-2-1-3-5-12/h1-10H,11H2,(H,23,24,27). The molecule has 0 saturated carbocycles. The molecule has 2 aromatic carbocycles. The summed E-state index contributed by atoms with van der Waals surface area (Å²) >= 11 is 2.71. The van der Waals surface area contributed by atoms with E-state index in [0.717, 1.165) is 11.1 Å². The lowest BCUT2D eigenvalue weighted by Gasteiger charge is -2.01. The van der Waals surface area contributed by atoms with Crippen LogP contribution in [0, 0.1) is 5.82 Å². The van der Waals surface area contributed by atoms with Crippen molar-refractivity contribution >= 4 is 33.3 Å². The summed E-state index contributed by atoms with van der Waals surface area (Å²) in [7, 11) is 0.